The lowest BCUT2D eigenvalue weighted by Crippen LogP contribution is -2.48. The zero-order chi connectivity index (χ0) is 13.1. The molecule has 0 radical (unpaired) electrons. The van der Waals surface area contributed by atoms with Crippen LogP contribution in [-0.4, -0.2) is 10.9 Å². The Morgan fingerprint density at radius 3 is 2.83 bits per heavy atom. The van der Waals surface area contributed by atoms with Gasteiger partial charge in [-0.1, -0.05) is 25.7 Å². The lowest BCUT2D eigenvalue weighted by Gasteiger charge is -2.51. The summed E-state index contributed by atoms with van der Waals surface area (Å²) < 4.78 is 5.67. The fourth-order valence-corrected chi connectivity index (χ4v) is 4.17. The summed E-state index contributed by atoms with van der Waals surface area (Å²) in [5, 5.41) is 10.8. The quantitative estimate of drug-likeness (QED) is 0.660. The van der Waals surface area contributed by atoms with E-state index in [1.807, 2.05) is 6.92 Å². The third kappa shape index (κ3) is 1.45. The van der Waals surface area contributed by atoms with Crippen LogP contribution in [0.2, 0.25) is 0 Å². The molecule has 18 heavy (non-hydrogen) atoms. The first kappa shape index (κ1) is 12.0. The summed E-state index contributed by atoms with van der Waals surface area (Å²) in [6.45, 7) is 12.4. The predicted octanol–water partition coefficient (Wildman–Crippen LogP) is 3.69. The Labute approximate surface area is 109 Å². The zero-order valence-electron chi connectivity index (χ0n) is 11.4. The topological polar surface area (TPSA) is 29.5 Å². The van der Waals surface area contributed by atoms with Crippen LogP contribution in [0.15, 0.2) is 35.6 Å². The summed E-state index contributed by atoms with van der Waals surface area (Å²) in [6, 6.07) is 0. The molecule has 3 rings (SSSR count). The molecule has 1 heterocycles. The van der Waals surface area contributed by atoms with Crippen LogP contribution in [0, 0.1) is 11.3 Å². The molecule has 0 aromatic rings. The number of hydrogen-bond acceptors (Lipinski definition) is 2. The van der Waals surface area contributed by atoms with Gasteiger partial charge in [0.05, 0.1) is 0 Å². The zero-order valence-corrected chi connectivity index (χ0v) is 11.4. The van der Waals surface area contributed by atoms with E-state index in [1.54, 1.807) is 0 Å². The summed E-state index contributed by atoms with van der Waals surface area (Å²) in [7, 11) is 0. The second-order valence-corrected chi connectivity index (χ2v) is 6.51. The predicted molar refractivity (Wildman–Crippen MR) is 71.7 cm³/mol. The van der Waals surface area contributed by atoms with E-state index in [-0.39, 0.29) is 5.41 Å². The minimum atomic E-state index is -1.09. The van der Waals surface area contributed by atoms with E-state index in [0.717, 1.165) is 30.4 Å². The number of hydrogen-bond donors (Lipinski definition) is 1. The second-order valence-electron chi connectivity index (χ2n) is 6.51. The highest BCUT2D eigenvalue weighted by Crippen LogP contribution is 2.59. The molecule has 1 N–H and O–H groups in total. The smallest absolute Gasteiger partial charge is 0.232 e. The number of allylic oxidation sites excluding steroid dienone is 2. The van der Waals surface area contributed by atoms with Crippen LogP contribution in [0.3, 0.4) is 0 Å². The maximum Gasteiger partial charge on any atom is 0.232 e. The van der Waals surface area contributed by atoms with E-state index in [9.17, 15) is 5.11 Å². The number of ether oxygens (including phenoxy) is 1. The normalized spacial score (nSPS) is 43.6. The fraction of sp³-hybridized carbons (Fsp3) is 0.625. The van der Waals surface area contributed by atoms with Gasteiger partial charge in [-0.2, -0.15) is 0 Å². The van der Waals surface area contributed by atoms with Gasteiger partial charge in [-0.15, -0.1) is 0 Å². The average Bonchev–Trinajstić information content (AvgIpc) is 2.46. The molecule has 98 valence electrons. The molecule has 2 aliphatic carbocycles. The van der Waals surface area contributed by atoms with Gasteiger partial charge in [-0.05, 0) is 49.5 Å². The van der Waals surface area contributed by atoms with Crippen LogP contribution in [-0.2, 0) is 4.74 Å². The highest BCUT2D eigenvalue weighted by molar-refractivity contribution is 5.41. The molecule has 2 unspecified atom stereocenters. The molecule has 0 aromatic heterocycles. The standard InChI is InChI=1S/C16H22O2/c1-10-6-5-7-15(4)9-16(17)14(8-13(10)15)11(2)12(3)18-16/h13,17H,1,3,5-9H2,2,4H3/t13-,15?,16?/m0/s1. The van der Waals surface area contributed by atoms with Crippen molar-refractivity contribution in [2.45, 2.75) is 51.7 Å². The first-order valence-electron chi connectivity index (χ1n) is 6.84. The number of fused-ring (bicyclic) bond motifs is 2. The fourth-order valence-electron chi connectivity index (χ4n) is 4.17. The van der Waals surface area contributed by atoms with Crippen molar-refractivity contribution in [3.05, 3.63) is 35.6 Å². The van der Waals surface area contributed by atoms with Crippen molar-refractivity contribution < 1.29 is 9.84 Å². The molecule has 3 aliphatic rings. The van der Waals surface area contributed by atoms with Crippen LogP contribution < -0.4 is 0 Å². The molecule has 2 nitrogen and oxygen atoms in total. The first-order chi connectivity index (χ1) is 8.36. The Morgan fingerprint density at radius 2 is 2.11 bits per heavy atom. The molecule has 1 aliphatic heterocycles. The molecule has 0 aromatic carbocycles. The lowest BCUT2D eigenvalue weighted by atomic mass is 9.56. The van der Waals surface area contributed by atoms with E-state index in [1.165, 1.54) is 12.0 Å². The van der Waals surface area contributed by atoms with Gasteiger partial charge in [0.2, 0.25) is 5.79 Å². The summed E-state index contributed by atoms with van der Waals surface area (Å²) in [5.74, 6) is 0.0376. The third-order valence-electron chi connectivity index (χ3n) is 5.27. The van der Waals surface area contributed by atoms with E-state index >= 15 is 0 Å². The van der Waals surface area contributed by atoms with Gasteiger partial charge in [0.25, 0.3) is 0 Å². The van der Waals surface area contributed by atoms with Gasteiger partial charge >= 0.3 is 0 Å². The Kier molecular flexibility index (Phi) is 2.34. The van der Waals surface area contributed by atoms with Crippen LogP contribution in [0.25, 0.3) is 0 Å². The maximum absolute atomic E-state index is 10.8. The van der Waals surface area contributed by atoms with E-state index in [2.05, 4.69) is 20.1 Å². The van der Waals surface area contributed by atoms with E-state index in [4.69, 9.17) is 4.74 Å². The second kappa shape index (κ2) is 3.51. The van der Waals surface area contributed by atoms with E-state index < -0.39 is 5.79 Å². The van der Waals surface area contributed by atoms with Crippen LogP contribution in [0.5, 0.6) is 0 Å². The van der Waals surface area contributed by atoms with Crippen molar-refractivity contribution in [2.24, 2.45) is 11.3 Å². The van der Waals surface area contributed by atoms with Gasteiger partial charge in [-0.25, -0.2) is 0 Å². The molecule has 0 spiro atoms. The summed E-state index contributed by atoms with van der Waals surface area (Å²) >= 11 is 0. The maximum atomic E-state index is 10.8. The van der Waals surface area contributed by atoms with Crippen LogP contribution in [0.1, 0.15) is 46.0 Å². The van der Waals surface area contributed by atoms with Gasteiger partial charge in [-0.3, -0.25) is 0 Å². The molecule has 3 atom stereocenters. The molecular weight excluding hydrogens is 224 g/mol. The highest BCUT2D eigenvalue weighted by atomic mass is 16.6. The monoisotopic (exact) mass is 246 g/mol. The van der Waals surface area contributed by atoms with Gasteiger partial charge in [0, 0.05) is 12.0 Å². The molecule has 0 saturated heterocycles. The Hall–Kier alpha value is -1.02. The number of rotatable bonds is 0. The van der Waals surface area contributed by atoms with E-state index in [0.29, 0.717) is 18.1 Å². The Balaban J connectivity index is 2.04. The van der Waals surface area contributed by atoms with Gasteiger partial charge in [0.15, 0.2) is 0 Å². The van der Waals surface area contributed by atoms with Crippen molar-refractivity contribution in [1.82, 2.24) is 0 Å². The molecule has 2 saturated carbocycles. The van der Waals surface area contributed by atoms with Crippen molar-refractivity contribution in [1.29, 1.82) is 0 Å². The van der Waals surface area contributed by atoms with Crippen LogP contribution in [0.4, 0.5) is 0 Å². The largest absolute Gasteiger partial charge is 0.459 e. The molecule has 0 amide bonds. The average molecular weight is 246 g/mol. The SMILES string of the molecule is C=C1OC2(O)CC3(C)CCCC(=C)[C@@H]3CC2=C1C. The molecular formula is C16H22O2. The summed E-state index contributed by atoms with van der Waals surface area (Å²) in [6.07, 6.45) is 5.03. The Morgan fingerprint density at radius 1 is 1.39 bits per heavy atom. The van der Waals surface area contributed by atoms with Gasteiger partial charge in [0.1, 0.15) is 5.76 Å². The minimum Gasteiger partial charge on any atom is -0.459 e. The molecule has 2 heteroatoms. The lowest BCUT2D eigenvalue weighted by molar-refractivity contribution is -0.179. The molecule has 2 fully saturated rings. The number of aliphatic hydroxyl groups is 1. The Bertz CT molecular complexity index is 473. The molecule has 0 bridgehead atoms. The summed E-state index contributed by atoms with van der Waals surface area (Å²) in [5.41, 5.74) is 3.55. The van der Waals surface area contributed by atoms with Crippen LogP contribution >= 0.6 is 0 Å². The van der Waals surface area contributed by atoms with Crippen molar-refractivity contribution in [3.63, 3.8) is 0 Å². The first-order valence-corrected chi connectivity index (χ1v) is 6.84. The van der Waals surface area contributed by atoms with Gasteiger partial charge < -0.3 is 9.84 Å². The summed E-state index contributed by atoms with van der Waals surface area (Å²) in [4.78, 5) is 0. The van der Waals surface area contributed by atoms with Crippen molar-refractivity contribution in [2.75, 3.05) is 0 Å². The van der Waals surface area contributed by atoms with Crippen molar-refractivity contribution in [3.8, 4) is 0 Å². The third-order valence-corrected chi connectivity index (χ3v) is 5.27. The minimum absolute atomic E-state index is 0.123. The van der Waals surface area contributed by atoms with Crippen molar-refractivity contribution >= 4 is 0 Å². The highest BCUT2D eigenvalue weighted by Gasteiger charge is 2.55.